The summed E-state index contributed by atoms with van der Waals surface area (Å²) in [5, 5.41) is 2.58. The Morgan fingerprint density at radius 1 is 1.03 bits per heavy atom. The van der Waals surface area contributed by atoms with Crippen molar-refractivity contribution in [2.75, 3.05) is 29.8 Å². The molecule has 0 aliphatic carbocycles. The minimum atomic E-state index is -5.59. The molecular weight excluding hydrogens is 455 g/mol. The Balaban J connectivity index is 2.07. The zero-order valence-electron chi connectivity index (χ0n) is 18.6. The third kappa shape index (κ3) is 5.61. The summed E-state index contributed by atoms with van der Waals surface area (Å²) in [6, 6.07) is 11.8. The molecule has 1 aliphatic rings. The van der Waals surface area contributed by atoms with E-state index >= 15 is 0 Å². The van der Waals surface area contributed by atoms with Gasteiger partial charge in [-0.05, 0) is 42.2 Å². The van der Waals surface area contributed by atoms with Crippen LogP contribution in [0.25, 0.3) is 0 Å². The predicted molar refractivity (Wildman–Crippen MR) is 123 cm³/mol. The number of benzene rings is 2. The molecule has 1 heterocycles. The molecule has 2 aromatic rings. The number of sulfonamides is 1. The van der Waals surface area contributed by atoms with Crippen molar-refractivity contribution in [2.45, 2.75) is 44.0 Å². The largest absolute Gasteiger partial charge is 0.516 e. The fraction of sp³-hybridized carbons (Fsp3) is 0.435. The summed E-state index contributed by atoms with van der Waals surface area (Å²) in [6.07, 6.45) is 3.79. The Hall–Kier alpha value is -2.75. The molecule has 3 rings (SSSR count). The van der Waals surface area contributed by atoms with Crippen LogP contribution in [0.4, 0.5) is 24.5 Å². The van der Waals surface area contributed by atoms with E-state index in [1.54, 1.807) is 41.1 Å². The van der Waals surface area contributed by atoms with Gasteiger partial charge < -0.3 is 10.2 Å². The molecule has 1 aliphatic heterocycles. The Labute approximate surface area is 192 Å². The summed E-state index contributed by atoms with van der Waals surface area (Å²) in [7, 11) is -4.08. The average molecular weight is 484 g/mol. The van der Waals surface area contributed by atoms with Crippen molar-refractivity contribution in [2.24, 2.45) is 0 Å². The Bertz CT molecular complexity index is 1100. The van der Waals surface area contributed by atoms with Crippen LogP contribution >= 0.6 is 0 Å². The van der Waals surface area contributed by atoms with E-state index < -0.39 is 15.5 Å². The second-order valence-electron chi connectivity index (χ2n) is 8.12. The SMILES string of the molecule is CNC(=O)c1ccccc1C(C)c1ccc(N2CCCCCC2)c(NS(=O)(=O)C(F)(F)F)c1. The number of hydrogen-bond donors (Lipinski definition) is 2. The zero-order chi connectivity index (χ0) is 24.2. The summed E-state index contributed by atoms with van der Waals surface area (Å²) in [5.74, 6) is -0.651. The van der Waals surface area contributed by atoms with Crippen LogP contribution in [0.3, 0.4) is 0 Å². The number of nitrogens with zero attached hydrogens (tertiary/aromatic N) is 1. The maximum absolute atomic E-state index is 13.2. The van der Waals surface area contributed by atoms with E-state index in [0.29, 0.717) is 35.5 Å². The van der Waals surface area contributed by atoms with Crippen LogP contribution in [0, 0.1) is 0 Å². The lowest BCUT2D eigenvalue weighted by Gasteiger charge is -2.27. The van der Waals surface area contributed by atoms with Gasteiger partial charge in [0.15, 0.2) is 0 Å². The van der Waals surface area contributed by atoms with Crippen LogP contribution in [0.1, 0.15) is 60.0 Å². The first-order chi connectivity index (χ1) is 15.5. The molecule has 10 heteroatoms. The van der Waals surface area contributed by atoms with Gasteiger partial charge in [-0.3, -0.25) is 9.52 Å². The van der Waals surface area contributed by atoms with Crippen molar-refractivity contribution in [1.29, 1.82) is 0 Å². The van der Waals surface area contributed by atoms with Gasteiger partial charge in [0.05, 0.1) is 11.4 Å². The monoisotopic (exact) mass is 483 g/mol. The van der Waals surface area contributed by atoms with E-state index in [4.69, 9.17) is 0 Å². The number of alkyl halides is 3. The number of amides is 1. The van der Waals surface area contributed by atoms with Crippen molar-refractivity contribution < 1.29 is 26.4 Å². The Morgan fingerprint density at radius 3 is 2.27 bits per heavy atom. The van der Waals surface area contributed by atoms with E-state index in [1.165, 1.54) is 13.1 Å². The van der Waals surface area contributed by atoms with Crippen LogP contribution in [-0.4, -0.2) is 40.0 Å². The standard InChI is InChI=1S/C23H28F3N3O3S/c1-16(18-9-5-6-10-19(18)22(30)27-2)17-11-12-21(29-13-7-3-4-8-14-29)20(15-17)28-33(31,32)23(24,25)26/h5-6,9-12,15-16,28H,3-4,7-8,13-14H2,1-2H3,(H,27,30). The molecular formula is C23H28F3N3O3S. The second kappa shape index (κ2) is 10.0. The first-order valence-corrected chi connectivity index (χ1v) is 12.3. The minimum Gasteiger partial charge on any atom is -0.370 e. The summed E-state index contributed by atoms with van der Waals surface area (Å²) in [6.45, 7) is 3.09. The maximum Gasteiger partial charge on any atom is 0.516 e. The van der Waals surface area contributed by atoms with Gasteiger partial charge in [-0.15, -0.1) is 0 Å². The number of nitrogens with one attached hydrogen (secondary N) is 2. The zero-order valence-corrected chi connectivity index (χ0v) is 19.4. The molecule has 2 aromatic carbocycles. The molecule has 180 valence electrons. The smallest absolute Gasteiger partial charge is 0.370 e. The lowest BCUT2D eigenvalue weighted by atomic mass is 9.89. The molecule has 1 fully saturated rings. The third-order valence-corrected chi connectivity index (χ3v) is 7.01. The molecule has 6 nitrogen and oxygen atoms in total. The van der Waals surface area contributed by atoms with E-state index in [-0.39, 0.29) is 17.5 Å². The highest BCUT2D eigenvalue weighted by atomic mass is 32.2. The van der Waals surface area contributed by atoms with Gasteiger partial charge in [-0.1, -0.05) is 44.0 Å². The second-order valence-corrected chi connectivity index (χ2v) is 9.79. The van der Waals surface area contributed by atoms with Crippen molar-refractivity contribution >= 4 is 27.3 Å². The highest BCUT2D eigenvalue weighted by Gasteiger charge is 2.46. The number of carbonyl (C=O) groups excluding carboxylic acids is 1. The van der Waals surface area contributed by atoms with Gasteiger partial charge in [-0.2, -0.15) is 21.6 Å². The highest BCUT2D eigenvalue weighted by Crippen LogP contribution is 2.37. The van der Waals surface area contributed by atoms with Gasteiger partial charge in [-0.25, -0.2) is 0 Å². The fourth-order valence-electron chi connectivity index (χ4n) is 4.09. The number of carbonyl (C=O) groups is 1. The normalized spacial score (nSPS) is 16.1. The summed E-state index contributed by atoms with van der Waals surface area (Å²) >= 11 is 0. The number of anilines is 2. The number of rotatable bonds is 6. The molecule has 0 spiro atoms. The molecule has 0 aromatic heterocycles. The van der Waals surface area contributed by atoms with Gasteiger partial charge in [0.2, 0.25) is 0 Å². The Morgan fingerprint density at radius 2 is 1.67 bits per heavy atom. The summed E-state index contributed by atoms with van der Waals surface area (Å²) < 4.78 is 65.1. The third-order valence-electron chi connectivity index (χ3n) is 5.92. The first kappa shape index (κ1) is 24.9. The average Bonchev–Trinajstić information content (AvgIpc) is 3.06. The van der Waals surface area contributed by atoms with Gasteiger partial charge in [0.25, 0.3) is 5.91 Å². The molecule has 1 saturated heterocycles. The number of hydrogen-bond acceptors (Lipinski definition) is 4. The molecule has 0 bridgehead atoms. The molecule has 0 radical (unpaired) electrons. The van der Waals surface area contributed by atoms with Crippen LogP contribution in [0.5, 0.6) is 0 Å². The van der Waals surface area contributed by atoms with Crippen molar-refractivity contribution in [3.63, 3.8) is 0 Å². The van der Waals surface area contributed by atoms with Gasteiger partial charge in [0.1, 0.15) is 0 Å². The lowest BCUT2D eigenvalue weighted by molar-refractivity contribution is -0.0429. The van der Waals surface area contributed by atoms with E-state index in [0.717, 1.165) is 25.7 Å². The molecule has 1 unspecified atom stereocenters. The van der Waals surface area contributed by atoms with Gasteiger partial charge in [0, 0.05) is 31.6 Å². The van der Waals surface area contributed by atoms with E-state index in [2.05, 4.69) is 5.32 Å². The van der Waals surface area contributed by atoms with Crippen LogP contribution in [0.15, 0.2) is 42.5 Å². The van der Waals surface area contributed by atoms with Crippen molar-refractivity contribution in [3.8, 4) is 0 Å². The minimum absolute atomic E-state index is 0.115. The fourth-order valence-corrected chi connectivity index (χ4v) is 4.66. The van der Waals surface area contributed by atoms with Crippen LogP contribution < -0.4 is 14.9 Å². The Kier molecular flexibility index (Phi) is 7.56. The summed E-state index contributed by atoms with van der Waals surface area (Å²) in [4.78, 5) is 14.2. The molecule has 1 amide bonds. The number of halogens is 3. The highest BCUT2D eigenvalue weighted by molar-refractivity contribution is 7.93. The van der Waals surface area contributed by atoms with E-state index in [9.17, 15) is 26.4 Å². The van der Waals surface area contributed by atoms with Gasteiger partial charge >= 0.3 is 15.5 Å². The molecule has 33 heavy (non-hydrogen) atoms. The van der Waals surface area contributed by atoms with Crippen LogP contribution in [0.2, 0.25) is 0 Å². The summed E-state index contributed by atoms with van der Waals surface area (Å²) in [5.41, 5.74) is -3.41. The van der Waals surface area contributed by atoms with Crippen molar-refractivity contribution in [1.82, 2.24) is 5.32 Å². The van der Waals surface area contributed by atoms with E-state index in [1.807, 2.05) is 11.8 Å². The quantitative estimate of drug-likeness (QED) is 0.616. The van der Waals surface area contributed by atoms with Crippen LogP contribution in [-0.2, 0) is 10.0 Å². The topological polar surface area (TPSA) is 78.5 Å². The molecule has 2 N–H and O–H groups in total. The maximum atomic E-state index is 13.2. The lowest BCUT2D eigenvalue weighted by Crippen LogP contribution is -2.32. The molecule has 0 saturated carbocycles. The first-order valence-electron chi connectivity index (χ1n) is 10.8. The van der Waals surface area contributed by atoms with Crippen molar-refractivity contribution in [3.05, 3.63) is 59.2 Å². The predicted octanol–water partition coefficient (Wildman–Crippen LogP) is 4.84. The molecule has 1 atom stereocenters.